The lowest BCUT2D eigenvalue weighted by atomic mass is 10.1. The summed E-state index contributed by atoms with van der Waals surface area (Å²) in [5.41, 5.74) is 1.61. The van der Waals surface area contributed by atoms with E-state index in [0.29, 0.717) is 11.4 Å². The average molecular weight is 272 g/mol. The number of anilines is 1. The second-order valence-electron chi connectivity index (χ2n) is 4.47. The second-order valence-corrected chi connectivity index (χ2v) is 4.47. The van der Waals surface area contributed by atoms with Crippen LogP contribution in [0, 0.1) is 6.92 Å². The molecule has 2 amide bonds. The highest BCUT2D eigenvalue weighted by atomic mass is 16.2. The van der Waals surface area contributed by atoms with Crippen molar-refractivity contribution >= 4 is 17.6 Å². The van der Waals surface area contributed by atoms with Gasteiger partial charge in [-0.2, -0.15) is 5.10 Å². The van der Waals surface area contributed by atoms with E-state index in [1.807, 2.05) is 19.1 Å². The lowest BCUT2D eigenvalue weighted by molar-refractivity contribution is -0.115. The number of rotatable bonds is 4. The maximum atomic E-state index is 11.8. The van der Waals surface area contributed by atoms with Gasteiger partial charge >= 0.3 is 0 Å². The van der Waals surface area contributed by atoms with Gasteiger partial charge in [-0.25, -0.2) is 0 Å². The molecule has 0 bridgehead atoms. The lowest BCUT2D eigenvalue weighted by Crippen LogP contribution is -2.32. The van der Waals surface area contributed by atoms with Crippen LogP contribution in [0.5, 0.6) is 0 Å². The maximum Gasteiger partial charge on any atom is 0.251 e. The number of aryl methyl sites for hydroxylation is 2. The average Bonchev–Trinajstić information content (AvgIpc) is 2.82. The molecule has 0 saturated heterocycles. The van der Waals surface area contributed by atoms with Gasteiger partial charge in [-0.05, 0) is 19.1 Å². The Kier molecular flexibility index (Phi) is 4.14. The van der Waals surface area contributed by atoms with Crippen LogP contribution < -0.4 is 10.6 Å². The number of carbonyl (C=O) groups is 2. The molecule has 0 unspecified atom stereocenters. The van der Waals surface area contributed by atoms with E-state index in [2.05, 4.69) is 15.7 Å². The van der Waals surface area contributed by atoms with E-state index < -0.39 is 0 Å². The molecule has 1 aromatic carbocycles. The highest BCUT2D eigenvalue weighted by Gasteiger charge is 2.08. The van der Waals surface area contributed by atoms with Crippen molar-refractivity contribution in [1.82, 2.24) is 15.1 Å². The molecule has 104 valence electrons. The lowest BCUT2D eigenvalue weighted by Gasteiger charge is -2.05. The summed E-state index contributed by atoms with van der Waals surface area (Å²) in [6.45, 7) is 1.85. The molecule has 0 spiro atoms. The molecule has 2 N–H and O–H groups in total. The van der Waals surface area contributed by atoms with Crippen LogP contribution in [0.2, 0.25) is 0 Å². The van der Waals surface area contributed by atoms with Crippen molar-refractivity contribution in [2.75, 3.05) is 11.9 Å². The fourth-order valence-electron chi connectivity index (χ4n) is 1.64. The Morgan fingerprint density at radius 2 is 1.90 bits per heavy atom. The molecule has 6 heteroatoms. The van der Waals surface area contributed by atoms with Gasteiger partial charge in [0.05, 0.1) is 6.54 Å². The molecule has 6 nitrogen and oxygen atoms in total. The van der Waals surface area contributed by atoms with Gasteiger partial charge in [0, 0.05) is 24.9 Å². The molecule has 0 saturated carbocycles. The van der Waals surface area contributed by atoms with Gasteiger partial charge in [0.1, 0.15) is 0 Å². The molecule has 20 heavy (non-hydrogen) atoms. The largest absolute Gasteiger partial charge is 0.343 e. The van der Waals surface area contributed by atoms with Gasteiger partial charge in [0.2, 0.25) is 5.91 Å². The van der Waals surface area contributed by atoms with Gasteiger partial charge in [0.25, 0.3) is 5.91 Å². The molecule has 0 atom stereocenters. The molecule has 1 heterocycles. The van der Waals surface area contributed by atoms with Crippen LogP contribution in [-0.2, 0) is 11.8 Å². The van der Waals surface area contributed by atoms with E-state index in [9.17, 15) is 9.59 Å². The minimum Gasteiger partial charge on any atom is -0.343 e. The first kappa shape index (κ1) is 13.8. The van der Waals surface area contributed by atoms with Crippen LogP contribution >= 0.6 is 0 Å². The number of benzene rings is 1. The van der Waals surface area contributed by atoms with Gasteiger partial charge in [-0.15, -0.1) is 0 Å². The van der Waals surface area contributed by atoms with Crippen LogP contribution in [0.25, 0.3) is 0 Å². The number of amides is 2. The van der Waals surface area contributed by atoms with Crippen LogP contribution in [0.15, 0.2) is 36.5 Å². The van der Waals surface area contributed by atoms with E-state index in [1.54, 1.807) is 36.1 Å². The molecule has 1 aromatic heterocycles. The molecule has 0 aliphatic rings. The van der Waals surface area contributed by atoms with E-state index in [-0.39, 0.29) is 18.4 Å². The van der Waals surface area contributed by atoms with Crippen molar-refractivity contribution in [2.24, 2.45) is 7.05 Å². The normalized spacial score (nSPS) is 10.1. The molecular formula is C14H16N4O2. The quantitative estimate of drug-likeness (QED) is 0.875. The van der Waals surface area contributed by atoms with Gasteiger partial charge in [0.15, 0.2) is 5.82 Å². The summed E-state index contributed by atoms with van der Waals surface area (Å²) >= 11 is 0. The number of carbonyl (C=O) groups excluding carboxylic acids is 2. The molecular weight excluding hydrogens is 256 g/mol. The zero-order valence-electron chi connectivity index (χ0n) is 11.4. The van der Waals surface area contributed by atoms with Crippen LogP contribution in [-0.4, -0.2) is 28.1 Å². The van der Waals surface area contributed by atoms with Gasteiger partial charge in [-0.1, -0.05) is 17.7 Å². The first-order valence-electron chi connectivity index (χ1n) is 6.19. The third kappa shape index (κ3) is 3.68. The number of nitrogens with one attached hydrogen (secondary N) is 2. The molecule has 0 aliphatic carbocycles. The topological polar surface area (TPSA) is 76.0 Å². The SMILES string of the molecule is Cc1ccc(C(=O)NCC(=O)Nc2ccn(C)n2)cc1. The smallest absolute Gasteiger partial charge is 0.251 e. The number of hydrogen-bond acceptors (Lipinski definition) is 3. The monoisotopic (exact) mass is 272 g/mol. The van der Waals surface area contributed by atoms with Crippen LogP contribution in [0.1, 0.15) is 15.9 Å². The number of aromatic nitrogens is 2. The zero-order chi connectivity index (χ0) is 14.5. The van der Waals surface area contributed by atoms with Crippen molar-refractivity contribution in [2.45, 2.75) is 6.92 Å². The fraction of sp³-hybridized carbons (Fsp3) is 0.214. The van der Waals surface area contributed by atoms with E-state index in [4.69, 9.17) is 0 Å². The zero-order valence-corrected chi connectivity index (χ0v) is 11.4. The Labute approximate surface area is 116 Å². The van der Waals surface area contributed by atoms with Gasteiger partial charge < -0.3 is 10.6 Å². The van der Waals surface area contributed by atoms with Gasteiger partial charge in [-0.3, -0.25) is 14.3 Å². The summed E-state index contributed by atoms with van der Waals surface area (Å²) in [5, 5.41) is 9.17. The molecule has 0 aliphatic heterocycles. The standard InChI is InChI=1S/C14H16N4O2/c1-10-3-5-11(6-4-10)14(20)15-9-13(19)16-12-7-8-18(2)17-12/h3-8H,9H2,1-2H3,(H,15,20)(H,16,17,19). The van der Waals surface area contributed by atoms with Crippen molar-refractivity contribution < 1.29 is 9.59 Å². The highest BCUT2D eigenvalue weighted by molar-refractivity contribution is 5.99. The van der Waals surface area contributed by atoms with Crippen molar-refractivity contribution in [1.29, 1.82) is 0 Å². The summed E-state index contributed by atoms with van der Waals surface area (Å²) in [4.78, 5) is 23.4. The summed E-state index contributed by atoms with van der Waals surface area (Å²) in [6.07, 6.45) is 1.72. The van der Waals surface area contributed by atoms with Crippen molar-refractivity contribution in [3.63, 3.8) is 0 Å². The molecule has 0 radical (unpaired) electrons. The maximum absolute atomic E-state index is 11.8. The third-order valence-corrected chi connectivity index (χ3v) is 2.70. The summed E-state index contributed by atoms with van der Waals surface area (Å²) in [7, 11) is 1.76. The molecule has 2 rings (SSSR count). The summed E-state index contributed by atoms with van der Waals surface area (Å²) in [6, 6.07) is 8.83. The van der Waals surface area contributed by atoms with Crippen LogP contribution in [0.3, 0.4) is 0 Å². The van der Waals surface area contributed by atoms with Crippen molar-refractivity contribution in [3.05, 3.63) is 47.7 Å². The Bertz CT molecular complexity index is 616. The van der Waals surface area contributed by atoms with Crippen LogP contribution in [0.4, 0.5) is 5.82 Å². The predicted octanol–water partition coefficient (Wildman–Crippen LogP) is 1.10. The highest BCUT2D eigenvalue weighted by Crippen LogP contribution is 2.03. The summed E-state index contributed by atoms with van der Waals surface area (Å²) < 4.78 is 1.58. The summed E-state index contributed by atoms with van der Waals surface area (Å²) in [5.74, 6) is -0.132. The Hall–Kier alpha value is -2.63. The molecule has 0 fully saturated rings. The number of nitrogens with zero attached hydrogens (tertiary/aromatic N) is 2. The number of hydrogen-bond donors (Lipinski definition) is 2. The minimum atomic E-state index is -0.316. The Morgan fingerprint density at radius 1 is 1.20 bits per heavy atom. The van der Waals surface area contributed by atoms with E-state index >= 15 is 0 Å². The minimum absolute atomic E-state index is 0.0940. The van der Waals surface area contributed by atoms with Crippen molar-refractivity contribution in [3.8, 4) is 0 Å². The first-order chi connectivity index (χ1) is 9.54. The fourth-order valence-corrected chi connectivity index (χ4v) is 1.64. The third-order valence-electron chi connectivity index (χ3n) is 2.70. The Balaban J connectivity index is 1.84. The molecule has 2 aromatic rings. The van der Waals surface area contributed by atoms with E-state index in [1.165, 1.54) is 0 Å². The second kappa shape index (κ2) is 6.01. The van der Waals surface area contributed by atoms with E-state index in [0.717, 1.165) is 5.56 Å². The first-order valence-corrected chi connectivity index (χ1v) is 6.19. The Morgan fingerprint density at radius 3 is 2.50 bits per heavy atom. The predicted molar refractivity (Wildman–Crippen MR) is 75.3 cm³/mol.